The number of anilines is 1. The normalized spacial score (nSPS) is 10.6. The van der Waals surface area contributed by atoms with Crippen molar-refractivity contribution < 1.29 is 4.79 Å². The van der Waals surface area contributed by atoms with Crippen LogP contribution in [-0.4, -0.2) is 19.0 Å². The molecular formula is C20H26N2O. The lowest BCUT2D eigenvalue weighted by molar-refractivity contribution is -0.121. The molecule has 0 fully saturated rings. The predicted octanol–water partition coefficient (Wildman–Crippen LogP) is 3.86. The van der Waals surface area contributed by atoms with Crippen LogP contribution in [0.2, 0.25) is 0 Å². The van der Waals surface area contributed by atoms with Gasteiger partial charge in [-0.3, -0.25) is 4.79 Å². The number of nitrogens with zero attached hydrogens (tertiary/aromatic N) is 1. The number of benzene rings is 2. The Morgan fingerprint density at radius 2 is 1.61 bits per heavy atom. The number of nitrogens with one attached hydrogen (secondary N) is 1. The first-order valence-electron chi connectivity index (χ1n) is 8.26. The third-order valence-electron chi connectivity index (χ3n) is 3.65. The van der Waals surface area contributed by atoms with E-state index in [1.54, 1.807) is 0 Å². The maximum Gasteiger partial charge on any atom is 0.221 e. The molecular weight excluding hydrogens is 284 g/mol. The molecule has 0 aliphatic carbocycles. The largest absolute Gasteiger partial charge is 0.367 e. The molecule has 0 aromatic heterocycles. The van der Waals surface area contributed by atoms with Crippen LogP contribution in [0.25, 0.3) is 0 Å². The van der Waals surface area contributed by atoms with Crippen molar-refractivity contribution in [2.75, 3.05) is 18.0 Å². The lowest BCUT2D eigenvalue weighted by Gasteiger charge is -2.25. The summed E-state index contributed by atoms with van der Waals surface area (Å²) in [5.74, 6) is 0.598. The van der Waals surface area contributed by atoms with Gasteiger partial charge in [-0.1, -0.05) is 62.4 Å². The second kappa shape index (κ2) is 8.99. The van der Waals surface area contributed by atoms with E-state index in [2.05, 4.69) is 48.3 Å². The third kappa shape index (κ3) is 6.15. The van der Waals surface area contributed by atoms with E-state index in [-0.39, 0.29) is 5.91 Å². The molecule has 0 atom stereocenters. The first-order valence-corrected chi connectivity index (χ1v) is 8.26. The molecule has 23 heavy (non-hydrogen) atoms. The first kappa shape index (κ1) is 17.1. The highest BCUT2D eigenvalue weighted by atomic mass is 16.1. The molecule has 2 aromatic rings. The molecule has 3 heteroatoms. The van der Waals surface area contributed by atoms with E-state index in [1.807, 2.05) is 36.4 Å². The fraction of sp³-hybridized carbons (Fsp3) is 0.350. The molecule has 0 spiro atoms. The second-order valence-electron chi connectivity index (χ2n) is 6.19. The summed E-state index contributed by atoms with van der Waals surface area (Å²) in [5.41, 5.74) is 2.40. The van der Waals surface area contributed by atoms with E-state index >= 15 is 0 Å². The maximum absolute atomic E-state index is 12.0. The number of hydrogen-bond acceptors (Lipinski definition) is 2. The van der Waals surface area contributed by atoms with Crippen LogP contribution >= 0.6 is 0 Å². The minimum Gasteiger partial charge on any atom is -0.367 e. The Kier molecular flexibility index (Phi) is 6.67. The third-order valence-corrected chi connectivity index (χ3v) is 3.65. The number of carbonyl (C=O) groups excluding carboxylic acids is 1. The van der Waals surface area contributed by atoms with Crippen LogP contribution in [0.1, 0.15) is 25.8 Å². The van der Waals surface area contributed by atoms with E-state index in [9.17, 15) is 4.79 Å². The van der Waals surface area contributed by atoms with Crippen molar-refractivity contribution in [2.45, 2.75) is 26.8 Å². The van der Waals surface area contributed by atoms with Gasteiger partial charge in [0.25, 0.3) is 0 Å². The van der Waals surface area contributed by atoms with Crippen molar-refractivity contribution in [2.24, 2.45) is 5.92 Å². The Balaban J connectivity index is 1.98. The Hall–Kier alpha value is -2.29. The van der Waals surface area contributed by atoms with Crippen LogP contribution in [0, 0.1) is 5.92 Å². The van der Waals surface area contributed by atoms with E-state index in [1.165, 1.54) is 5.56 Å². The molecule has 0 heterocycles. The lowest BCUT2D eigenvalue weighted by atomic mass is 10.2. The van der Waals surface area contributed by atoms with E-state index < -0.39 is 0 Å². The van der Waals surface area contributed by atoms with Crippen molar-refractivity contribution >= 4 is 11.6 Å². The lowest BCUT2D eigenvalue weighted by Crippen LogP contribution is -2.32. The Labute approximate surface area is 139 Å². The maximum atomic E-state index is 12.0. The van der Waals surface area contributed by atoms with Crippen molar-refractivity contribution in [3.05, 3.63) is 66.2 Å². The second-order valence-corrected chi connectivity index (χ2v) is 6.19. The smallest absolute Gasteiger partial charge is 0.221 e. The summed E-state index contributed by atoms with van der Waals surface area (Å²) in [7, 11) is 0. The number of para-hydroxylation sites is 1. The van der Waals surface area contributed by atoms with Gasteiger partial charge in [0.15, 0.2) is 0 Å². The van der Waals surface area contributed by atoms with Crippen molar-refractivity contribution in [1.82, 2.24) is 5.32 Å². The highest BCUT2D eigenvalue weighted by Crippen LogP contribution is 2.17. The first-order chi connectivity index (χ1) is 11.1. The summed E-state index contributed by atoms with van der Waals surface area (Å²) in [5, 5.41) is 2.99. The molecule has 1 amide bonds. The highest BCUT2D eigenvalue weighted by Gasteiger charge is 2.10. The average molecular weight is 310 g/mol. The molecule has 0 aliphatic heterocycles. The number of hydrogen-bond donors (Lipinski definition) is 1. The molecule has 2 aromatic carbocycles. The van der Waals surface area contributed by atoms with Crippen LogP contribution in [0.5, 0.6) is 0 Å². The van der Waals surface area contributed by atoms with Gasteiger partial charge in [0, 0.05) is 31.7 Å². The zero-order valence-corrected chi connectivity index (χ0v) is 14.0. The molecule has 0 aliphatic rings. The average Bonchev–Trinajstić information content (AvgIpc) is 2.58. The van der Waals surface area contributed by atoms with Gasteiger partial charge in [-0.05, 0) is 23.6 Å². The fourth-order valence-electron chi connectivity index (χ4n) is 2.38. The topological polar surface area (TPSA) is 32.3 Å². The SMILES string of the molecule is CC(C)CNC(=O)CCN(Cc1ccccc1)c1ccccc1. The van der Waals surface area contributed by atoms with Crippen LogP contribution in [0.15, 0.2) is 60.7 Å². The van der Waals surface area contributed by atoms with Crippen LogP contribution in [0.4, 0.5) is 5.69 Å². The van der Waals surface area contributed by atoms with Gasteiger partial charge in [0.2, 0.25) is 5.91 Å². The fourth-order valence-corrected chi connectivity index (χ4v) is 2.38. The summed E-state index contributed by atoms with van der Waals surface area (Å²) in [6.07, 6.45) is 0.508. The van der Waals surface area contributed by atoms with Gasteiger partial charge < -0.3 is 10.2 Å². The van der Waals surface area contributed by atoms with Gasteiger partial charge in [-0.2, -0.15) is 0 Å². The summed E-state index contributed by atoms with van der Waals surface area (Å²) in [6.45, 7) is 6.46. The molecule has 2 rings (SSSR count). The number of amides is 1. The predicted molar refractivity (Wildman–Crippen MR) is 96.4 cm³/mol. The van der Waals surface area contributed by atoms with Crippen LogP contribution in [-0.2, 0) is 11.3 Å². The molecule has 0 saturated heterocycles. The zero-order chi connectivity index (χ0) is 16.5. The van der Waals surface area contributed by atoms with Gasteiger partial charge >= 0.3 is 0 Å². The van der Waals surface area contributed by atoms with Gasteiger partial charge in [-0.25, -0.2) is 0 Å². The summed E-state index contributed by atoms with van der Waals surface area (Å²) in [6, 6.07) is 20.6. The minimum atomic E-state index is 0.118. The Morgan fingerprint density at radius 1 is 1.00 bits per heavy atom. The number of rotatable bonds is 8. The van der Waals surface area contributed by atoms with Crippen molar-refractivity contribution in [3.63, 3.8) is 0 Å². The Bertz CT molecular complexity index is 581. The monoisotopic (exact) mass is 310 g/mol. The van der Waals surface area contributed by atoms with Crippen LogP contribution < -0.4 is 10.2 Å². The quantitative estimate of drug-likeness (QED) is 0.803. The molecule has 1 N–H and O–H groups in total. The molecule has 0 unspecified atom stereocenters. The van der Waals surface area contributed by atoms with Gasteiger partial charge in [0.1, 0.15) is 0 Å². The Morgan fingerprint density at radius 3 is 2.22 bits per heavy atom. The summed E-state index contributed by atoms with van der Waals surface area (Å²) >= 11 is 0. The molecule has 0 saturated carbocycles. The van der Waals surface area contributed by atoms with E-state index in [4.69, 9.17) is 0 Å². The van der Waals surface area contributed by atoms with Gasteiger partial charge in [-0.15, -0.1) is 0 Å². The summed E-state index contributed by atoms with van der Waals surface area (Å²) < 4.78 is 0. The van der Waals surface area contributed by atoms with E-state index in [0.29, 0.717) is 18.9 Å². The van der Waals surface area contributed by atoms with Gasteiger partial charge in [0.05, 0.1) is 0 Å². The standard InChI is InChI=1S/C20H26N2O/c1-17(2)15-21-20(23)13-14-22(19-11-7-4-8-12-19)16-18-9-5-3-6-10-18/h3-12,17H,13-16H2,1-2H3,(H,21,23). The zero-order valence-electron chi connectivity index (χ0n) is 14.0. The van der Waals surface area contributed by atoms with Crippen LogP contribution in [0.3, 0.4) is 0 Å². The molecule has 3 nitrogen and oxygen atoms in total. The van der Waals surface area contributed by atoms with Crippen molar-refractivity contribution in [1.29, 1.82) is 0 Å². The number of carbonyl (C=O) groups is 1. The highest BCUT2D eigenvalue weighted by molar-refractivity contribution is 5.76. The van der Waals surface area contributed by atoms with E-state index in [0.717, 1.165) is 18.8 Å². The molecule has 0 radical (unpaired) electrons. The molecule has 122 valence electrons. The summed E-state index contributed by atoms with van der Waals surface area (Å²) in [4.78, 5) is 14.3. The molecule has 0 bridgehead atoms. The van der Waals surface area contributed by atoms with Crippen molar-refractivity contribution in [3.8, 4) is 0 Å². The minimum absolute atomic E-state index is 0.118.